The third-order valence-electron chi connectivity index (χ3n) is 2.76. The SMILES string of the molecule is [c]1cc2c(nn1)-c1cccnc1CCC2. The zero-order chi connectivity index (χ0) is 10.1. The molecule has 0 bridgehead atoms. The van der Waals surface area contributed by atoms with Crippen LogP contribution in [0, 0.1) is 6.20 Å². The van der Waals surface area contributed by atoms with Crippen molar-refractivity contribution >= 4 is 0 Å². The first-order valence-corrected chi connectivity index (χ1v) is 5.12. The number of fused-ring (bicyclic) bond motifs is 3. The van der Waals surface area contributed by atoms with Crippen LogP contribution in [0.5, 0.6) is 0 Å². The van der Waals surface area contributed by atoms with Crippen LogP contribution in [0.25, 0.3) is 11.3 Å². The van der Waals surface area contributed by atoms with Gasteiger partial charge in [0.15, 0.2) is 0 Å². The zero-order valence-corrected chi connectivity index (χ0v) is 8.27. The van der Waals surface area contributed by atoms with Crippen LogP contribution < -0.4 is 0 Å². The van der Waals surface area contributed by atoms with E-state index in [-0.39, 0.29) is 0 Å². The van der Waals surface area contributed by atoms with Gasteiger partial charge in [-0.1, -0.05) is 0 Å². The predicted octanol–water partition coefficient (Wildman–Crippen LogP) is 1.83. The van der Waals surface area contributed by atoms with Gasteiger partial charge in [0, 0.05) is 17.5 Å². The molecule has 0 saturated heterocycles. The molecule has 1 radical (unpaired) electrons. The Morgan fingerprint density at radius 1 is 1.27 bits per heavy atom. The summed E-state index contributed by atoms with van der Waals surface area (Å²) < 4.78 is 0. The molecule has 0 unspecified atom stereocenters. The molecule has 2 aromatic heterocycles. The van der Waals surface area contributed by atoms with Gasteiger partial charge < -0.3 is 0 Å². The molecule has 3 heteroatoms. The highest BCUT2D eigenvalue weighted by Gasteiger charge is 2.15. The number of nitrogens with zero attached hydrogens (tertiary/aromatic N) is 3. The average Bonchev–Trinajstić information content (AvgIpc) is 2.48. The Balaban J connectivity index is 2.27. The molecule has 2 aromatic rings. The Morgan fingerprint density at radius 3 is 3.27 bits per heavy atom. The second-order valence-corrected chi connectivity index (χ2v) is 3.70. The molecule has 0 aliphatic heterocycles. The Hall–Kier alpha value is -1.77. The Bertz CT molecular complexity index is 448. The maximum absolute atomic E-state index is 4.40. The Labute approximate surface area is 88.2 Å². The highest BCUT2D eigenvalue weighted by molar-refractivity contribution is 5.65. The van der Waals surface area contributed by atoms with Crippen molar-refractivity contribution in [1.82, 2.24) is 15.2 Å². The molecule has 0 saturated carbocycles. The van der Waals surface area contributed by atoms with Gasteiger partial charge in [-0.3, -0.25) is 4.98 Å². The smallest absolute Gasteiger partial charge is 0.114 e. The van der Waals surface area contributed by atoms with Gasteiger partial charge in [0.2, 0.25) is 0 Å². The van der Waals surface area contributed by atoms with Gasteiger partial charge >= 0.3 is 0 Å². The van der Waals surface area contributed by atoms with Crippen molar-refractivity contribution < 1.29 is 0 Å². The summed E-state index contributed by atoms with van der Waals surface area (Å²) in [5, 5.41) is 8.01. The van der Waals surface area contributed by atoms with Crippen LogP contribution in [-0.2, 0) is 12.8 Å². The normalized spacial score (nSPS) is 13.9. The number of aryl methyl sites for hydroxylation is 2. The molecule has 3 rings (SSSR count). The van der Waals surface area contributed by atoms with Crippen molar-refractivity contribution in [1.29, 1.82) is 0 Å². The third-order valence-corrected chi connectivity index (χ3v) is 2.76. The average molecular weight is 196 g/mol. The minimum absolute atomic E-state index is 0.981. The van der Waals surface area contributed by atoms with E-state index in [9.17, 15) is 0 Å². The minimum Gasteiger partial charge on any atom is -0.261 e. The summed E-state index contributed by atoms with van der Waals surface area (Å²) in [4.78, 5) is 4.40. The monoisotopic (exact) mass is 196 g/mol. The van der Waals surface area contributed by atoms with Gasteiger partial charge in [0.1, 0.15) is 6.20 Å². The molecule has 0 atom stereocenters. The quantitative estimate of drug-likeness (QED) is 0.645. The molecule has 0 N–H and O–H groups in total. The summed E-state index contributed by atoms with van der Waals surface area (Å²) >= 11 is 0. The molecule has 3 nitrogen and oxygen atoms in total. The van der Waals surface area contributed by atoms with Gasteiger partial charge in [-0.25, -0.2) is 0 Å². The second kappa shape index (κ2) is 3.42. The maximum Gasteiger partial charge on any atom is 0.114 e. The summed E-state index contributed by atoms with van der Waals surface area (Å²) in [6.45, 7) is 0. The van der Waals surface area contributed by atoms with Crippen LogP contribution in [0.2, 0.25) is 0 Å². The van der Waals surface area contributed by atoms with Gasteiger partial charge in [-0.05, 0) is 43.0 Å². The van der Waals surface area contributed by atoms with Crippen molar-refractivity contribution in [3.63, 3.8) is 0 Å². The van der Waals surface area contributed by atoms with Crippen molar-refractivity contribution in [2.24, 2.45) is 0 Å². The first-order valence-electron chi connectivity index (χ1n) is 5.12. The molecule has 73 valence electrons. The van der Waals surface area contributed by atoms with Crippen molar-refractivity contribution in [2.75, 3.05) is 0 Å². The van der Waals surface area contributed by atoms with E-state index >= 15 is 0 Å². The zero-order valence-electron chi connectivity index (χ0n) is 8.27. The summed E-state index contributed by atoms with van der Waals surface area (Å²) in [5.74, 6) is 0. The van der Waals surface area contributed by atoms with E-state index in [0.29, 0.717) is 0 Å². The molecule has 1 aliphatic rings. The number of aromatic nitrogens is 3. The van der Waals surface area contributed by atoms with E-state index in [1.54, 1.807) is 0 Å². The van der Waals surface area contributed by atoms with Crippen LogP contribution in [0.3, 0.4) is 0 Å². The topological polar surface area (TPSA) is 38.7 Å². The molecule has 2 heterocycles. The van der Waals surface area contributed by atoms with Crippen LogP contribution in [0.1, 0.15) is 17.7 Å². The fraction of sp³-hybridized carbons (Fsp3) is 0.250. The molecule has 0 fully saturated rings. The fourth-order valence-electron chi connectivity index (χ4n) is 2.03. The fourth-order valence-corrected chi connectivity index (χ4v) is 2.03. The Kier molecular flexibility index (Phi) is 1.95. The molecular formula is C12H10N3. The number of pyridine rings is 1. The van der Waals surface area contributed by atoms with Crippen molar-refractivity contribution in [3.05, 3.63) is 41.9 Å². The van der Waals surface area contributed by atoms with E-state index in [0.717, 1.165) is 36.2 Å². The number of rotatable bonds is 0. The largest absolute Gasteiger partial charge is 0.261 e. The van der Waals surface area contributed by atoms with E-state index in [2.05, 4.69) is 27.4 Å². The predicted molar refractivity (Wildman–Crippen MR) is 56.1 cm³/mol. The molecule has 0 amide bonds. The summed E-state index contributed by atoms with van der Waals surface area (Å²) in [5.41, 5.74) is 4.48. The van der Waals surface area contributed by atoms with Crippen molar-refractivity contribution in [3.8, 4) is 11.3 Å². The minimum atomic E-state index is 0.981. The summed E-state index contributed by atoms with van der Waals surface area (Å²) in [7, 11) is 0. The van der Waals surface area contributed by atoms with Gasteiger partial charge in [-0.15, -0.1) is 10.2 Å². The van der Waals surface area contributed by atoms with Crippen LogP contribution in [-0.4, -0.2) is 15.2 Å². The lowest BCUT2D eigenvalue weighted by Gasteiger charge is -2.04. The lowest BCUT2D eigenvalue weighted by molar-refractivity contribution is 0.811. The van der Waals surface area contributed by atoms with Crippen LogP contribution in [0.4, 0.5) is 0 Å². The van der Waals surface area contributed by atoms with Gasteiger partial charge in [0.25, 0.3) is 0 Å². The lowest BCUT2D eigenvalue weighted by Crippen LogP contribution is -1.95. The van der Waals surface area contributed by atoms with Gasteiger partial charge in [-0.2, -0.15) is 0 Å². The molecular weight excluding hydrogens is 186 g/mol. The summed E-state index contributed by atoms with van der Waals surface area (Å²) in [6.07, 6.45) is 7.82. The van der Waals surface area contributed by atoms with Gasteiger partial charge in [0.05, 0.1) is 5.69 Å². The highest BCUT2D eigenvalue weighted by Crippen LogP contribution is 2.28. The third kappa shape index (κ3) is 1.40. The van der Waals surface area contributed by atoms with E-state index < -0.39 is 0 Å². The first kappa shape index (κ1) is 8.53. The van der Waals surface area contributed by atoms with Crippen LogP contribution >= 0.6 is 0 Å². The molecule has 0 spiro atoms. The highest BCUT2D eigenvalue weighted by atomic mass is 15.1. The van der Waals surface area contributed by atoms with Crippen LogP contribution in [0.15, 0.2) is 24.4 Å². The molecule has 15 heavy (non-hydrogen) atoms. The van der Waals surface area contributed by atoms with Crippen molar-refractivity contribution in [2.45, 2.75) is 19.3 Å². The lowest BCUT2D eigenvalue weighted by atomic mass is 10.1. The Morgan fingerprint density at radius 2 is 2.27 bits per heavy atom. The second-order valence-electron chi connectivity index (χ2n) is 3.70. The standard InChI is InChI=1S/C12H10N3/c1-3-9-6-8-14-15-12(9)10-4-2-7-13-11(10)5-1/h2,4,6-7H,1,3,5H2. The first-order chi connectivity index (χ1) is 7.45. The molecule has 0 aromatic carbocycles. The van der Waals surface area contributed by atoms with E-state index in [1.807, 2.05) is 18.3 Å². The number of hydrogen-bond acceptors (Lipinski definition) is 3. The maximum atomic E-state index is 4.40. The van der Waals surface area contributed by atoms with E-state index in [4.69, 9.17) is 0 Å². The molecule has 1 aliphatic carbocycles. The van der Waals surface area contributed by atoms with E-state index in [1.165, 1.54) is 5.56 Å². The summed E-state index contributed by atoms with van der Waals surface area (Å²) in [6, 6.07) is 5.96. The number of hydrogen-bond donors (Lipinski definition) is 0.